The largest absolute Gasteiger partial charge is 0.371 e. The Morgan fingerprint density at radius 3 is 2.46 bits per heavy atom. The van der Waals surface area contributed by atoms with Crippen molar-refractivity contribution in [3.63, 3.8) is 0 Å². The first kappa shape index (κ1) is 16.1. The van der Waals surface area contributed by atoms with Crippen LogP contribution in [0.15, 0.2) is 30.3 Å². The molecule has 1 amide bonds. The van der Waals surface area contributed by atoms with Crippen LogP contribution in [0.1, 0.15) is 44.1 Å². The first-order valence-corrected chi connectivity index (χ1v) is 9.44. The molecule has 24 heavy (non-hydrogen) atoms. The number of carbonyl (C=O) groups is 1. The molecule has 2 aliphatic heterocycles. The second kappa shape index (κ2) is 7.24. The van der Waals surface area contributed by atoms with E-state index in [2.05, 4.69) is 40.5 Å². The van der Waals surface area contributed by atoms with Gasteiger partial charge in [-0.3, -0.25) is 9.69 Å². The van der Waals surface area contributed by atoms with Crippen molar-refractivity contribution < 1.29 is 9.53 Å². The molecule has 130 valence electrons. The van der Waals surface area contributed by atoms with Gasteiger partial charge < -0.3 is 10.1 Å². The van der Waals surface area contributed by atoms with E-state index >= 15 is 0 Å². The van der Waals surface area contributed by atoms with Crippen LogP contribution in [-0.2, 0) is 16.1 Å². The minimum atomic E-state index is 0.0663. The fraction of sp³-hybridized carbons (Fsp3) is 0.650. The molecular weight excluding hydrogens is 300 g/mol. The number of rotatable bonds is 7. The molecule has 0 radical (unpaired) electrons. The second-order valence-corrected chi connectivity index (χ2v) is 7.74. The molecule has 4 nitrogen and oxygen atoms in total. The van der Waals surface area contributed by atoms with E-state index in [0.29, 0.717) is 18.1 Å². The zero-order chi connectivity index (χ0) is 16.4. The number of amides is 1. The van der Waals surface area contributed by atoms with Gasteiger partial charge in [-0.15, -0.1) is 0 Å². The number of nitrogens with one attached hydrogen (secondary N) is 1. The minimum Gasteiger partial charge on any atom is -0.371 e. The highest BCUT2D eigenvalue weighted by atomic mass is 16.5. The van der Waals surface area contributed by atoms with Crippen LogP contribution in [0.25, 0.3) is 0 Å². The Bertz CT molecular complexity index is 544. The predicted molar refractivity (Wildman–Crippen MR) is 93.5 cm³/mol. The smallest absolute Gasteiger partial charge is 0.246 e. The lowest BCUT2D eigenvalue weighted by atomic mass is 9.96. The van der Waals surface area contributed by atoms with Crippen molar-refractivity contribution >= 4 is 5.91 Å². The average molecular weight is 328 g/mol. The maximum Gasteiger partial charge on any atom is 0.246 e. The van der Waals surface area contributed by atoms with Crippen LogP contribution in [0.4, 0.5) is 0 Å². The summed E-state index contributed by atoms with van der Waals surface area (Å²) in [7, 11) is 0. The van der Waals surface area contributed by atoms with Crippen LogP contribution in [0.2, 0.25) is 0 Å². The van der Waals surface area contributed by atoms with E-state index in [1.807, 2.05) is 0 Å². The molecule has 1 unspecified atom stereocenters. The van der Waals surface area contributed by atoms with Gasteiger partial charge in [-0.2, -0.15) is 0 Å². The van der Waals surface area contributed by atoms with Gasteiger partial charge in [0.25, 0.3) is 0 Å². The van der Waals surface area contributed by atoms with Gasteiger partial charge in [0, 0.05) is 24.7 Å². The molecule has 2 saturated heterocycles. The number of hydrogen-bond acceptors (Lipinski definition) is 3. The molecule has 1 aliphatic carbocycles. The fourth-order valence-corrected chi connectivity index (χ4v) is 4.32. The number of hydrogen-bond donors (Lipinski definition) is 1. The Balaban J connectivity index is 1.25. The van der Waals surface area contributed by atoms with Crippen LogP contribution in [0, 0.1) is 5.92 Å². The number of fused-ring (bicyclic) bond motifs is 2. The highest BCUT2D eigenvalue weighted by Crippen LogP contribution is 2.36. The summed E-state index contributed by atoms with van der Waals surface area (Å²) >= 11 is 0. The molecule has 3 aliphatic rings. The lowest BCUT2D eigenvalue weighted by molar-refractivity contribution is -0.127. The first-order valence-electron chi connectivity index (χ1n) is 9.44. The normalized spacial score (nSPS) is 29.6. The SMILES string of the molecule is O=C(COCC1CC1)NC1C[C@H]2CC[C@@H](C1)N2Cc1ccccc1. The van der Waals surface area contributed by atoms with E-state index in [1.165, 1.54) is 31.2 Å². The van der Waals surface area contributed by atoms with Crippen molar-refractivity contribution in [2.75, 3.05) is 13.2 Å². The zero-order valence-corrected chi connectivity index (χ0v) is 14.3. The van der Waals surface area contributed by atoms with Crippen LogP contribution in [-0.4, -0.2) is 42.1 Å². The van der Waals surface area contributed by atoms with Crippen LogP contribution in [0.5, 0.6) is 0 Å². The van der Waals surface area contributed by atoms with Crippen molar-refractivity contribution in [2.24, 2.45) is 5.92 Å². The number of benzene rings is 1. The monoisotopic (exact) mass is 328 g/mol. The van der Waals surface area contributed by atoms with E-state index in [9.17, 15) is 4.79 Å². The van der Waals surface area contributed by atoms with Crippen LogP contribution >= 0.6 is 0 Å². The van der Waals surface area contributed by atoms with Gasteiger partial charge in [0.15, 0.2) is 0 Å². The maximum absolute atomic E-state index is 12.1. The first-order chi connectivity index (χ1) is 11.8. The van der Waals surface area contributed by atoms with Crippen molar-refractivity contribution in [2.45, 2.75) is 63.2 Å². The molecule has 3 atom stereocenters. The van der Waals surface area contributed by atoms with Gasteiger partial charge in [-0.25, -0.2) is 0 Å². The van der Waals surface area contributed by atoms with Gasteiger partial charge in [0.2, 0.25) is 5.91 Å². The minimum absolute atomic E-state index is 0.0663. The van der Waals surface area contributed by atoms with Gasteiger partial charge >= 0.3 is 0 Å². The Hall–Kier alpha value is -1.39. The summed E-state index contributed by atoms with van der Waals surface area (Å²) in [4.78, 5) is 14.7. The molecule has 1 aromatic carbocycles. The number of ether oxygens (including phenoxy) is 1. The Morgan fingerprint density at radius 2 is 1.79 bits per heavy atom. The van der Waals surface area contributed by atoms with Crippen molar-refractivity contribution in [3.05, 3.63) is 35.9 Å². The van der Waals surface area contributed by atoms with Gasteiger partial charge in [-0.05, 0) is 50.0 Å². The summed E-state index contributed by atoms with van der Waals surface area (Å²) in [5.74, 6) is 0.784. The Labute approximate surface area is 144 Å². The molecule has 3 fully saturated rings. The summed E-state index contributed by atoms with van der Waals surface area (Å²) in [5.41, 5.74) is 1.39. The van der Waals surface area contributed by atoms with E-state index in [1.54, 1.807) is 0 Å². The van der Waals surface area contributed by atoms with E-state index in [-0.39, 0.29) is 12.5 Å². The molecule has 4 heteroatoms. The van der Waals surface area contributed by atoms with E-state index in [0.717, 1.165) is 31.9 Å². The molecule has 0 spiro atoms. The third-order valence-corrected chi connectivity index (χ3v) is 5.74. The molecule has 1 saturated carbocycles. The van der Waals surface area contributed by atoms with E-state index in [4.69, 9.17) is 4.74 Å². The number of nitrogens with zero attached hydrogens (tertiary/aromatic N) is 1. The molecule has 0 aromatic heterocycles. The highest BCUT2D eigenvalue weighted by Gasteiger charge is 2.40. The summed E-state index contributed by atoms with van der Waals surface area (Å²) in [5, 5.41) is 3.21. The summed E-state index contributed by atoms with van der Waals surface area (Å²) in [6, 6.07) is 12.3. The van der Waals surface area contributed by atoms with Gasteiger partial charge in [0.05, 0.1) is 6.61 Å². The third kappa shape index (κ3) is 3.98. The second-order valence-electron chi connectivity index (χ2n) is 7.74. The highest BCUT2D eigenvalue weighted by molar-refractivity contribution is 5.77. The Kier molecular flexibility index (Phi) is 4.86. The quantitative estimate of drug-likeness (QED) is 0.837. The maximum atomic E-state index is 12.1. The molecule has 4 rings (SSSR count). The van der Waals surface area contributed by atoms with Crippen molar-refractivity contribution in [1.82, 2.24) is 10.2 Å². The molecule has 1 aromatic rings. The van der Waals surface area contributed by atoms with Crippen LogP contribution < -0.4 is 5.32 Å². The molecular formula is C20H28N2O2. The summed E-state index contributed by atoms with van der Waals surface area (Å²) < 4.78 is 5.51. The third-order valence-electron chi connectivity index (χ3n) is 5.74. The van der Waals surface area contributed by atoms with Gasteiger partial charge in [0.1, 0.15) is 6.61 Å². The summed E-state index contributed by atoms with van der Waals surface area (Å²) in [6.07, 6.45) is 7.23. The average Bonchev–Trinajstić information content (AvgIpc) is 3.36. The predicted octanol–water partition coefficient (Wildman–Crippen LogP) is 2.72. The van der Waals surface area contributed by atoms with E-state index < -0.39 is 0 Å². The zero-order valence-electron chi connectivity index (χ0n) is 14.3. The molecule has 2 heterocycles. The Morgan fingerprint density at radius 1 is 1.08 bits per heavy atom. The molecule has 2 bridgehead atoms. The fourth-order valence-electron chi connectivity index (χ4n) is 4.32. The topological polar surface area (TPSA) is 41.6 Å². The lowest BCUT2D eigenvalue weighted by Gasteiger charge is -2.39. The van der Waals surface area contributed by atoms with Crippen molar-refractivity contribution in [1.29, 1.82) is 0 Å². The van der Waals surface area contributed by atoms with Gasteiger partial charge in [-0.1, -0.05) is 30.3 Å². The summed E-state index contributed by atoms with van der Waals surface area (Å²) in [6.45, 7) is 2.03. The van der Waals surface area contributed by atoms with Crippen LogP contribution in [0.3, 0.4) is 0 Å². The lowest BCUT2D eigenvalue weighted by Crippen LogP contribution is -2.50. The number of piperidine rings is 1. The standard InChI is InChI=1S/C20H28N2O2/c23-20(14-24-13-16-6-7-16)21-17-10-18-8-9-19(11-17)22(18)12-15-4-2-1-3-5-15/h1-5,16-19H,6-14H2,(H,21,23)/t17?,18-,19+. The molecule has 1 N–H and O–H groups in total. The number of carbonyl (C=O) groups excluding carboxylic acids is 1. The van der Waals surface area contributed by atoms with Crippen molar-refractivity contribution in [3.8, 4) is 0 Å².